The van der Waals surface area contributed by atoms with Gasteiger partial charge < -0.3 is 4.74 Å². The smallest absolute Gasteiger partial charge is 0.131 e. The predicted molar refractivity (Wildman–Crippen MR) is 66.9 cm³/mol. The Morgan fingerprint density at radius 2 is 1.71 bits per heavy atom. The summed E-state index contributed by atoms with van der Waals surface area (Å²) in [4.78, 5) is 0. The zero-order valence-corrected chi connectivity index (χ0v) is 11.0. The van der Waals surface area contributed by atoms with Crippen LogP contribution < -0.4 is 0 Å². The summed E-state index contributed by atoms with van der Waals surface area (Å²) in [6, 6.07) is 8.67. The molecule has 0 unspecified atom stereocenters. The second kappa shape index (κ2) is 3.20. The number of rotatable bonds is 2. The lowest BCUT2D eigenvalue weighted by Gasteiger charge is -2.12. The number of epoxide rings is 1. The van der Waals surface area contributed by atoms with Crippen LogP contribution in [0.4, 0.5) is 0 Å². The van der Waals surface area contributed by atoms with Crippen LogP contribution in [0.5, 0.6) is 0 Å². The molecule has 1 atom stereocenters. The van der Waals surface area contributed by atoms with Crippen molar-refractivity contribution >= 4 is 22.6 Å². The quantitative estimate of drug-likeness (QED) is 0.463. The molecular weight excluding hydrogens is 287 g/mol. The summed E-state index contributed by atoms with van der Waals surface area (Å²) < 4.78 is 6.87. The van der Waals surface area contributed by atoms with E-state index in [2.05, 4.69) is 67.6 Å². The summed E-state index contributed by atoms with van der Waals surface area (Å²) in [5.74, 6) is 0. The van der Waals surface area contributed by atoms with Gasteiger partial charge in [-0.1, -0.05) is 52.4 Å². The molecule has 0 N–H and O–H groups in total. The first-order chi connectivity index (χ1) is 6.52. The maximum atomic E-state index is 5.86. The van der Waals surface area contributed by atoms with Gasteiger partial charge in [-0.3, -0.25) is 0 Å². The van der Waals surface area contributed by atoms with Crippen LogP contribution in [-0.4, -0.2) is 10.0 Å². The van der Waals surface area contributed by atoms with Crippen LogP contribution in [-0.2, 0) is 10.3 Å². The third kappa shape index (κ3) is 1.39. The van der Waals surface area contributed by atoms with E-state index in [1.807, 2.05) is 0 Å². The molecule has 0 bridgehead atoms. The Bertz CT molecular complexity index is 342. The molecule has 1 heterocycles. The maximum Gasteiger partial charge on any atom is 0.131 e. The molecule has 0 spiro atoms. The van der Waals surface area contributed by atoms with Crippen molar-refractivity contribution in [3.8, 4) is 0 Å². The fraction of sp³-hybridized carbons (Fsp3) is 0.500. The molecule has 0 aromatic heterocycles. The number of hydrogen-bond donors (Lipinski definition) is 0. The predicted octanol–water partition coefficient (Wildman–Crippen LogP) is 3.43. The Labute approximate surface area is 99.0 Å². The van der Waals surface area contributed by atoms with E-state index in [1.54, 1.807) is 0 Å². The fourth-order valence-electron chi connectivity index (χ4n) is 1.90. The van der Waals surface area contributed by atoms with E-state index in [0.717, 1.165) is 4.43 Å². The van der Waals surface area contributed by atoms with E-state index in [9.17, 15) is 0 Å². The second-order valence-corrected chi connectivity index (χ2v) is 5.20. The monoisotopic (exact) mass is 302 g/mol. The van der Waals surface area contributed by atoms with E-state index in [1.165, 1.54) is 11.1 Å². The van der Waals surface area contributed by atoms with E-state index >= 15 is 0 Å². The van der Waals surface area contributed by atoms with Crippen molar-refractivity contribution in [2.24, 2.45) is 0 Å². The number of alkyl halides is 1. The Hall–Kier alpha value is -0.0900. The molecule has 1 aliphatic heterocycles. The summed E-state index contributed by atoms with van der Waals surface area (Å²) >= 11 is 2.41. The highest BCUT2D eigenvalue weighted by Gasteiger charge is 2.63. The van der Waals surface area contributed by atoms with Crippen LogP contribution >= 0.6 is 22.6 Å². The molecule has 1 nitrogen and oxygen atoms in total. The average Bonchev–Trinajstić information content (AvgIpc) is 2.71. The summed E-state index contributed by atoms with van der Waals surface area (Å²) in [7, 11) is 0. The van der Waals surface area contributed by atoms with Crippen molar-refractivity contribution in [1.82, 2.24) is 0 Å². The van der Waals surface area contributed by atoms with Crippen molar-refractivity contribution in [1.29, 1.82) is 0 Å². The van der Waals surface area contributed by atoms with E-state index in [0.29, 0.717) is 0 Å². The molecule has 1 aromatic rings. The average molecular weight is 302 g/mol. The van der Waals surface area contributed by atoms with Crippen molar-refractivity contribution in [3.63, 3.8) is 0 Å². The van der Waals surface area contributed by atoms with Gasteiger partial charge in [-0.2, -0.15) is 0 Å². The zero-order valence-electron chi connectivity index (χ0n) is 8.80. The lowest BCUT2D eigenvalue weighted by Crippen LogP contribution is -2.19. The minimum absolute atomic E-state index is 0.00342. The third-order valence-electron chi connectivity index (χ3n) is 3.07. The third-order valence-corrected chi connectivity index (χ3v) is 4.14. The molecule has 0 aliphatic carbocycles. The first-order valence-electron chi connectivity index (χ1n) is 4.85. The van der Waals surface area contributed by atoms with Gasteiger partial charge in [-0.15, -0.1) is 0 Å². The minimum atomic E-state index is -0.0404. The maximum absolute atomic E-state index is 5.86. The molecular formula is C12H15IO. The van der Waals surface area contributed by atoms with E-state index in [-0.39, 0.29) is 11.2 Å². The molecule has 1 saturated heterocycles. The van der Waals surface area contributed by atoms with Gasteiger partial charge in [0.15, 0.2) is 0 Å². The van der Waals surface area contributed by atoms with Crippen LogP contribution in [0.2, 0.25) is 0 Å². The first kappa shape index (κ1) is 10.4. The van der Waals surface area contributed by atoms with Crippen LogP contribution in [0.15, 0.2) is 24.3 Å². The van der Waals surface area contributed by atoms with Gasteiger partial charge >= 0.3 is 0 Å². The summed E-state index contributed by atoms with van der Waals surface area (Å²) in [6.45, 7) is 6.43. The van der Waals surface area contributed by atoms with Crippen LogP contribution in [0.1, 0.15) is 25.0 Å². The number of aryl methyl sites for hydroxylation is 1. The van der Waals surface area contributed by atoms with Crippen molar-refractivity contribution in [3.05, 3.63) is 35.4 Å². The highest BCUT2D eigenvalue weighted by molar-refractivity contribution is 14.1. The standard InChI is InChI=1S/C12H15IO/c1-9-4-6-10(7-5-9)12(8-13)11(2,3)14-12/h4-7H,8H2,1-3H3/t12-/m0/s1. The van der Waals surface area contributed by atoms with Crippen molar-refractivity contribution in [2.75, 3.05) is 4.43 Å². The number of benzene rings is 1. The molecule has 0 saturated carbocycles. The Kier molecular flexibility index (Phi) is 2.39. The molecule has 2 rings (SSSR count). The molecule has 14 heavy (non-hydrogen) atoms. The number of ether oxygens (including phenoxy) is 1. The molecule has 1 aromatic carbocycles. The molecule has 76 valence electrons. The first-order valence-corrected chi connectivity index (χ1v) is 6.38. The lowest BCUT2D eigenvalue weighted by molar-refractivity contribution is 0.292. The lowest BCUT2D eigenvalue weighted by atomic mass is 9.90. The normalized spacial score (nSPS) is 28.9. The van der Waals surface area contributed by atoms with Gasteiger partial charge in [0, 0.05) is 4.43 Å². The van der Waals surface area contributed by atoms with Gasteiger partial charge in [0.25, 0.3) is 0 Å². The van der Waals surface area contributed by atoms with Crippen LogP contribution in [0.25, 0.3) is 0 Å². The fourth-order valence-corrected chi connectivity index (χ4v) is 3.42. The molecule has 0 radical (unpaired) electrons. The van der Waals surface area contributed by atoms with Crippen LogP contribution in [0, 0.1) is 6.92 Å². The topological polar surface area (TPSA) is 12.5 Å². The SMILES string of the molecule is Cc1ccc([C@]2(CI)OC2(C)C)cc1. The van der Waals surface area contributed by atoms with Crippen molar-refractivity contribution in [2.45, 2.75) is 32.0 Å². The van der Waals surface area contributed by atoms with E-state index in [4.69, 9.17) is 4.74 Å². The Morgan fingerprint density at radius 3 is 2.07 bits per heavy atom. The molecule has 1 aliphatic rings. The second-order valence-electron chi connectivity index (χ2n) is 4.44. The number of halogens is 1. The highest BCUT2D eigenvalue weighted by atomic mass is 127. The molecule has 1 fully saturated rings. The van der Waals surface area contributed by atoms with Gasteiger partial charge in [-0.25, -0.2) is 0 Å². The zero-order chi connectivity index (χ0) is 10.4. The highest BCUT2D eigenvalue weighted by Crippen LogP contribution is 2.56. The Balaban J connectivity index is 2.36. The van der Waals surface area contributed by atoms with Gasteiger partial charge in [0.05, 0.1) is 5.60 Å². The number of hydrogen-bond acceptors (Lipinski definition) is 1. The van der Waals surface area contributed by atoms with Gasteiger partial charge in [0.1, 0.15) is 5.60 Å². The Morgan fingerprint density at radius 1 is 1.21 bits per heavy atom. The van der Waals surface area contributed by atoms with E-state index < -0.39 is 0 Å². The largest absolute Gasteiger partial charge is 0.357 e. The van der Waals surface area contributed by atoms with Crippen molar-refractivity contribution < 1.29 is 4.74 Å². The summed E-state index contributed by atoms with van der Waals surface area (Å²) in [6.07, 6.45) is 0. The molecule has 2 heteroatoms. The minimum Gasteiger partial charge on any atom is -0.357 e. The van der Waals surface area contributed by atoms with Gasteiger partial charge in [-0.05, 0) is 26.3 Å². The van der Waals surface area contributed by atoms with Gasteiger partial charge in [0.2, 0.25) is 0 Å². The van der Waals surface area contributed by atoms with Crippen LogP contribution in [0.3, 0.4) is 0 Å². The molecule has 0 amide bonds. The summed E-state index contributed by atoms with van der Waals surface area (Å²) in [5.41, 5.74) is 2.57. The summed E-state index contributed by atoms with van der Waals surface area (Å²) in [5, 5.41) is 0.